The first-order valence-corrected chi connectivity index (χ1v) is 17.8. The van der Waals surface area contributed by atoms with E-state index >= 15 is 0 Å². The Labute approximate surface area is 248 Å². The molecular weight excluding hydrogens is 486 g/mol. The highest BCUT2D eigenvalue weighted by atomic mass is 35.5. The minimum absolute atomic E-state index is 0. The van der Waals surface area contributed by atoms with Crippen molar-refractivity contribution in [3.8, 4) is 0 Å². The van der Waals surface area contributed by atoms with Gasteiger partial charge in [-0.25, -0.2) is 5.21 Å². The van der Waals surface area contributed by atoms with E-state index in [4.69, 9.17) is 0 Å². The van der Waals surface area contributed by atoms with Crippen LogP contribution in [0.5, 0.6) is 0 Å². The number of hydrogen-bond acceptors (Lipinski definition) is 1. The fourth-order valence-corrected chi connectivity index (χ4v) is 5.81. The Hall–Kier alpha value is 0.210. The van der Waals surface area contributed by atoms with Gasteiger partial charge < -0.3 is 12.4 Å². The lowest BCUT2D eigenvalue weighted by molar-refractivity contribution is -1.10. The van der Waals surface area contributed by atoms with Gasteiger partial charge in [0.2, 0.25) is 0 Å². The van der Waals surface area contributed by atoms with Crippen LogP contribution in [-0.4, -0.2) is 29.5 Å². The molecule has 0 aliphatic heterocycles. The zero-order chi connectivity index (χ0) is 27.1. The Balaban J connectivity index is 0. The maximum absolute atomic E-state index is 11.0. The van der Waals surface area contributed by atoms with Crippen molar-refractivity contribution in [1.82, 2.24) is 0 Å². The lowest BCUT2D eigenvalue weighted by atomic mass is 10.0. The van der Waals surface area contributed by atoms with Crippen molar-refractivity contribution < 1.29 is 22.3 Å². The maximum atomic E-state index is 11.0. The van der Waals surface area contributed by atoms with E-state index in [-0.39, 0.29) is 12.4 Å². The first-order valence-electron chi connectivity index (χ1n) is 17.8. The molecule has 0 radical (unpaired) electrons. The molecule has 0 saturated heterocycles. The van der Waals surface area contributed by atoms with E-state index in [1.807, 2.05) is 0 Å². The lowest BCUT2D eigenvalue weighted by Crippen LogP contribution is -3.00. The predicted octanol–water partition coefficient (Wildman–Crippen LogP) is 9.57. The summed E-state index contributed by atoms with van der Waals surface area (Å²) in [4.78, 5) is 0. The molecular formula is C35H74ClNO. The molecule has 0 bridgehead atoms. The number of unbranched alkanes of at least 4 members (excludes halogenated alkanes) is 27. The quantitative estimate of drug-likeness (QED) is 0.0494. The zero-order valence-electron chi connectivity index (χ0n) is 26.9. The Morgan fingerprint density at radius 1 is 0.316 bits per heavy atom. The molecule has 0 saturated carbocycles. The number of hydroxylamine groups is 3. The smallest absolute Gasteiger partial charge is 0.109 e. The van der Waals surface area contributed by atoms with E-state index in [1.54, 1.807) is 0 Å². The molecule has 0 spiro atoms. The second kappa shape index (κ2) is 33.4. The highest BCUT2D eigenvalue weighted by Gasteiger charge is 2.21. The number of hydrogen-bond donors (Lipinski definition) is 1. The molecule has 0 aliphatic carbocycles. The molecule has 1 unspecified atom stereocenters. The fourth-order valence-electron chi connectivity index (χ4n) is 5.81. The molecule has 3 heteroatoms. The summed E-state index contributed by atoms with van der Waals surface area (Å²) < 4.78 is 0.316. The molecule has 2 nitrogen and oxygen atoms in total. The van der Waals surface area contributed by atoms with Gasteiger partial charge in [-0.15, -0.1) is 0 Å². The predicted molar refractivity (Wildman–Crippen MR) is 168 cm³/mol. The minimum Gasteiger partial charge on any atom is -1.00 e. The van der Waals surface area contributed by atoms with Crippen LogP contribution in [0.4, 0.5) is 0 Å². The van der Waals surface area contributed by atoms with Gasteiger partial charge in [-0.05, 0) is 32.6 Å². The summed E-state index contributed by atoms with van der Waals surface area (Å²) in [6.07, 6.45) is 40.7. The van der Waals surface area contributed by atoms with Crippen LogP contribution >= 0.6 is 0 Å². The molecule has 1 atom stereocenters. The molecule has 0 fully saturated rings. The third kappa shape index (κ3) is 30.7. The Kier molecular flexibility index (Phi) is 35.5. The summed E-state index contributed by atoms with van der Waals surface area (Å²) in [6.45, 7) is 9.56. The van der Waals surface area contributed by atoms with Crippen LogP contribution in [0.2, 0.25) is 0 Å². The summed E-state index contributed by atoms with van der Waals surface area (Å²) in [5, 5.41) is 11.0. The van der Waals surface area contributed by atoms with E-state index in [1.165, 1.54) is 186 Å². The molecule has 0 aromatic carbocycles. The van der Waals surface area contributed by atoms with Crippen molar-refractivity contribution >= 4 is 0 Å². The highest BCUT2D eigenvalue weighted by molar-refractivity contribution is 4.51. The monoisotopic (exact) mass is 560 g/mol. The largest absolute Gasteiger partial charge is 1.00 e. The van der Waals surface area contributed by atoms with Crippen LogP contribution in [0.25, 0.3) is 0 Å². The van der Waals surface area contributed by atoms with E-state index in [9.17, 15) is 5.21 Å². The Morgan fingerprint density at radius 2 is 0.500 bits per heavy atom. The summed E-state index contributed by atoms with van der Waals surface area (Å²) in [5.74, 6) is 0. The summed E-state index contributed by atoms with van der Waals surface area (Å²) in [5.41, 5.74) is 0. The fraction of sp³-hybridized carbons (Fsp3) is 1.00. The first kappa shape index (κ1) is 40.3. The van der Waals surface area contributed by atoms with Gasteiger partial charge in [0.1, 0.15) is 19.6 Å². The van der Waals surface area contributed by atoms with Gasteiger partial charge in [0.15, 0.2) is 0 Å². The molecule has 0 aromatic heterocycles. The van der Waals surface area contributed by atoms with Crippen molar-refractivity contribution in [2.75, 3.05) is 19.6 Å². The lowest BCUT2D eigenvalue weighted by Gasteiger charge is -2.29. The average Bonchev–Trinajstić information content (AvgIpc) is 2.91. The molecule has 1 N–H and O–H groups in total. The van der Waals surface area contributed by atoms with Gasteiger partial charge in [0, 0.05) is 0 Å². The van der Waals surface area contributed by atoms with Crippen molar-refractivity contribution in [1.29, 1.82) is 0 Å². The SMILES string of the molecule is CCCCCCCCCCCCCCCCC[N+](O)(CC)CCCCCCCCCCCCCCCC.[Cl-]. The maximum Gasteiger partial charge on any atom is 0.109 e. The third-order valence-electron chi connectivity index (χ3n) is 8.69. The second-order valence-corrected chi connectivity index (χ2v) is 12.4. The van der Waals surface area contributed by atoms with E-state index in [0.717, 1.165) is 19.6 Å². The van der Waals surface area contributed by atoms with Gasteiger partial charge in [-0.3, -0.25) is 0 Å². The molecule has 0 aliphatic rings. The van der Waals surface area contributed by atoms with E-state index in [0.29, 0.717) is 4.65 Å². The van der Waals surface area contributed by atoms with Crippen molar-refractivity contribution in [3.05, 3.63) is 0 Å². The van der Waals surface area contributed by atoms with Gasteiger partial charge in [0.25, 0.3) is 0 Å². The molecule has 38 heavy (non-hydrogen) atoms. The number of quaternary nitrogens is 1. The van der Waals surface area contributed by atoms with Crippen molar-refractivity contribution in [3.63, 3.8) is 0 Å². The van der Waals surface area contributed by atoms with Gasteiger partial charge in [-0.2, -0.15) is 4.65 Å². The van der Waals surface area contributed by atoms with E-state index in [2.05, 4.69) is 20.8 Å². The summed E-state index contributed by atoms with van der Waals surface area (Å²) >= 11 is 0. The van der Waals surface area contributed by atoms with Crippen LogP contribution in [0.1, 0.15) is 207 Å². The number of rotatable bonds is 32. The zero-order valence-corrected chi connectivity index (χ0v) is 27.7. The van der Waals surface area contributed by atoms with Crippen LogP contribution in [-0.2, 0) is 0 Å². The third-order valence-corrected chi connectivity index (χ3v) is 8.69. The number of nitrogens with zero attached hydrogens (tertiary/aromatic N) is 1. The van der Waals surface area contributed by atoms with Crippen molar-refractivity contribution in [2.45, 2.75) is 207 Å². The summed E-state index contributed by atoms with van der Waals surface area (Å²) in [6, 6.07) is 0. The van der Waals surface area contributed by atoms with Crippen LogP contribution in [0.3, 0.4) is 0 Å². The normalized spacial score (nSPS) is 12.9. The van der Waals surface area contributed by atoms with Crippen molar-refractivity contribution in [2.24, 2.45) is 0 Å². The van der Waals surface area contributed by atoms with Gasteiger partial charge >= 0.3 is 0 Å². The van der Waals surface area contributed by atoms with Crippen LogP contribution in [0.15, 0.2) is 0 Å². The second-order valence-electron chi connectivity index (χ2n) is 12.4. The number of halogens is 1. The molecule has 232 valence electrons. The summed E-state index contributed by atoms with van der Waals surface area (Å²) in [7, 11) is 0. The highest BCUT2D eigenvalue weighted by Crippen LogP contribution is 2.16. The molecule has 0 aromatic rings. The first-order chi connectivity index (χ1) is 18.2. The Bertz CT molecular complexity index is 419. The van der Waals surface area contributed by atoms with Gasteiger partial charge in [-0.1, -0.05) is 174 Å². The van der Waals surface area contributed by atoms with Crippen LogP contribution in [0, 0.1) is 0 Å². The molecule has 0 heterocycles. The van der Waals surface area contributed by atoms with Crippen LogP contribution < -0.4 is 12.4 Å². The van der Waals surface area contributed by atoms with E-state index < -0.39 is 0 Å². The molecule has 0 amide bonds. The molecule has 0 rings (SSSR count). The standard InChI is InChI=1S/C35H74NO.ClH/c1-4-7-9-11-13-15-17-19-21-23-25-27-29-31-33-35-36(37,6-3)34-32-30-28-26-24-22-20-18-16-14-12-10-8-5-2;/h37H,4-35H2,1-3H3;1H/q+1;/p-1. The average molecular weight is 560 g/mol. The minimum atomic E-state index is 0. The van der Waals surface area contributed by atoms with Gasteiger partial charge in [0.05, 0.1) is 0 Å². The Morgan fingerprint density at radius 3 is 0.684 bits per heavy atom. The topological polar surface area (TPSA) is 20.2 Å².